The fourth-order valence-electron chi connectivity index (χ4n) is 3.91. The lowest BCUT2D eigenvalue weighted by Crippen LogP contribution is -2.02. The van der Waals surface area contributed by atoms with Crippen LogP contribution in [0.5, 0.6) is 0 Å². The van der Waals surface area contributed by atoms with Gasteiger partial charge in [0.25, 0.3) is 0 Å². The highest BCUT2D eigenvalue weighted by Gasteiger charge is 2.14. The minimum atomic E-state index is 0.357. The Morgan fingerprint density at radius 1 is 0.714 bits per heavy atom. The Labute approximate surface area is 166 Å². The molecule has 135 valence electrons. The van der Waals surface area contributed by atoms with Crippen LogP contribution in [0.2, 0.25) is 0 Å². The maximum Gasteiger partial charge on any atom is 0.0486 e. The van der Waals surface area contributed by atoms with E-state index >= 15 is 0 Å². The van der Waals surface area contributed by atoms with Gasteiger partial charge in [-0.2, -0.15) is 0 Å². The van der Waals surface area contributed by atoms with Gasteiger partial charge in [-0.3, -0.25) is 0 Å². The Balaban J connectivity index is 1.41. The van der Waals surface area contributed by atoms with Crippen LogP contribution in [0.15, 0.2) is 115 Å². The quantitative estimate of drug-likeness (QED) is 0.390. The summed E-state index contributed by atoms with van der Waals surface area (Å²) in [5.41, 5.74) is 5.20. The second kappa shape index (κ2) is 7.36. The summed E-state index contributed by atoms with van der Waals surface area (Å²) in [6, 6.07) is 30.2. The van der Waals surface area contributed by atoms with Crippen LogP contribution in [0.4, 0.5) is 0 Å². The summed E-state index contributed by atoms with van der Waals surface area (Å²) in [6.07, 6.45) is 11.3. The maximum absolute atomic E-state index is 2.33. The third-order valence-corrected chi connectivity index (χ3v) is 5.45. The second-order valence-electron chi connectivity index (χ2n) is 7.31. The Kier molecular flexibility index (Phi) is 4.42. The van der Waals surface area contributed by atoms with E-state index in [0.717, 1.165) is 6.54 Å². The number of aromatic nitrogens is 1. The zero-order valence-electron chi connectivity index (χ0n) is 15.7. The molecule has 0 spiro atoms. The highest BCUT2D eigenvalue weighted by Crippen LogP contribution is 2.31. The van der Waals surface area contributed by atoms with Gasteiger partial charge >= 0.3 is 0 Å². The van der Waals surface area contributed by atoms with E-state index in [2.05, 4.69) is 120 Å². The summed E-state index contributed by atoms with van der Waals surface area (Å²) in [7, 11) is 0. The molecule has 0 atom stereocenters. The molecule has 0 amide bonds. The van der Waals surface area contributed by atoms with E-state index in [0.29, 0.717) is 5.92 Å². The molecular formula is C27H22N. The van der Waals surface area contributed by atoms with Crippen molar-refractivity contribution >= 4 is 10.9 Å². The van der Waals surface area contributed by atoms with Crippen molar-refractivity contribution < 1.29 is 0 Å². The average molecular weight is 360 g/mol. The van der Waals surface area contributed by atoms with Crippen LogP contribution < -0.4 is 0 Å². The molecule has 4 aromatic rings. The molecule has 1 aromatic heterocycles. The fraction of sp³-hybridized carbons (Fsp3) is 0.0741. The minimum Gasteiger partial charge on any atom is -0.343 e. The predicted molar refractivity (Wildman–Crippen MR) is 117 cm³/mol. The normalized spacial score (nSPS) is 14.7. The van der Waals surface area contributed by atoms with E-state index in [-0.39, 0.29) is 0 Å². The Morgan fingerprint density at radius 2 is 1.43 bits per heavy atom. The van der Waals surface area contributed by atoms with E-state index in [9.17, 15) is 0 Å². The molecule has 1 nitrogen and oxygen atoms in total. The van der Waals surface area contributed by atoms with Gasteiger partial charge in [-0.25, -0.2) is 0 Å². The molecule has 1 aliphatic rings. The van der Waals surface area contributed by atoms with Gasteiger partial charge in [-0.15, -0.1) is 0 Å². The molecule has 1 heterocycles. The number of allylic oxidation sites excluding steroid dienone is 4. The fourth-order valence-corrected chi connectivity index (χ4v) is 3.91. The molecule has 1 heteroatoms. The van der Waals surface area contributed by atoms with Crippen LogP contribution in [-0.2, 0) is 6.54 Å². The average Bonchev–Trinajstić information content (AvgIpc) is 3.17. The van der Waals surface area contributed by atoms with Crippen molar-refractivity contribution in [3.05, 3.63) is 138 Å². The summed E-state index contributed by atoms with van der Waals surface area (Å²) in [6.45, 7) is 0.894. The van der Waals surface area contributed by atoms with Crippen molar-refractivity contribution in [1.82, 2.24) is 4.57 Å². The first-order valence-electron chi connectivity index (χ1n) is 9.78. The lowest BCUT2D eigenvalue weighted by molar-refractivity contribution is 0.836. The second-order valence-corrected chi connectivity index (χ2v) is 7.31. The van der Waals surface area contributed by atoms with E-state index in [1.165, 1.54) is 33.5 Å². The van der Waals surface area contributed by atoms with Crippen molar-refractivity contribution in [3.63, 3.8) is 0 Å². The molecule has 28 heavy (non-hydrogen) atoms. The van der Waals surface area contributed by atoms with Gasteiger partial charge in [0.2, 0.25) is 0 Å². The Hall–Kier alpha value is -3.32. The van der Waals surface area contributed by atoms with Crippen molar-refractivity contribution in [2.45, 2.75) is 12.5 Å². The van der Waals surface area contributed by atoms with Crippen molar-refractivity contribution in [2.75, 3.05) is 0 Å². The van der Waals surface area contributed by atoms with Crippen molar-refractivity contribution in [2.24, 2.45) is 0 Å². The number of hydrogen-bond acceptors (Lipinski definition) is 0. The Bertz CT molecular complexity index is 1120. The zero-order valence-corrected chi connectivity index (χ0v) is 15.7. The molecule has 1 aliphatic carbocycles. The van der Waals surface area contributed by atoms with Crippen LogP contribution in [0.1, 0.15) is 22.6 Å². The number of benzene rings is 3. The summed E-state index contributed by atoms with van der Waals surface area (Å²) < 4.78 is 2.33. The first-order valence-corrected chi connectivity index (χ1v) is 9.78. The van der Waals surface area contributed by atoms with Gasteiger partial charge in [-0.1, -0.05) is 97.1 Å². The standard InChI is InChI=1S/C27H22N/c1-3-7-21(8-4-1)20-28-18-17-25-15-16-26(19-27(25)28)24-13-11-23(12-14-24)22-9-5-2-6-10-22/h1-19,23H,20H2. The van der Waals surface area contributed by atoms with Gasteiger partial charge < -0.3 is 4.57 Å². The van der Waals surface area contributed by atoms with E-state index in [1.54, 1.807) is 0 Å². The third-order valence-electron chi connectivity index (χ3n) is 5.45. The van der Waals surface area contributed by atoms with Crippen LogP contribution >= 0.6 is 0 Å². The van der Waals surface area contributed by atoms with Crippen LogP contribution in [0.25, 0.3) is 10.9 Å². The summed E-state index contributed by atoms with van der Waals surface area (Å²) >= 11 is 0. The van der Waals surface area contributed by atoms with Gasteiger partial charge in [0.05, 0.1) is 0 Å². The molecule has 0 aliphatic heterocycles. The number of hydrogen-bond donors (Lipinski definition) is 0. The predicted octanol–water partition coefficient (Wildman–Crippen LogP) is 6.52. The third kappa shape index (κ3) is 3.32. The van der Waals surface area contributed by atoms with Crippen molar-refractivity contribution in [3.8, 4) is 0 Å². The highest BCUT2D eigenvalue weighted by molar-refractivity contribution is 5.82. The molecule has 1 radical (unpaired) electrons. The number of fused-ring (bicyclic) bond motifs is 1. The molecule has 0 saturated carbocycles. The lowest BCUT2D eigenvalue weighted by Gasteiger charge is -2.17. The largest absolute Gasteiger partial charge is 0.343 e. The first-order chi connectivity index (χ1) is 13.9. The molecule has 0 bridgehead atoms. The topological polar surface area (TPSA) is 4.93 Å². The van der Waals surface area contributed by atoms with Crippen molar-refractivity contribution in [1.29, 1.82) is 0 Å². The van der Waals surface area contributed by atoms with Crippen LogP contribution in [0.3, 0.4) is 0 Å². The molecule has 5 rings (SSSR count). The smallest absolute Gasteiger partial charge is 0.0486 e. The molecular weight excluding hydrogens is 338 g/mol. The monoisotopic (exact) mass is 360 g/mol. The SMILES string of the molecule is C1=CC(c2ccccc2)C=C[C]1c1ccc2ccn(Cc3ccccc3)c2c1. The molecule has 0 saturated heterocycles. The van der Waals surface area contributed by atoms with Gasteiger partial charge in [-0.05, 0) is 34.2 Å². The van der Waals surface area contributed by atoms with Crippen LogP contribution in [0, 0.1) is 5.92 Å². The summed E-state index contributed by atoms with van der Waals surface area (Å²) in [4.78, 5) is 0. The van der Waals surface area contributed by atoms with E-state index in [4.69, 9.17) is 0 Å². The zero-order chi connectivity index (χ0) is 18.8. The van der Waals surface area contributed by atoms with E-state index in [1.807, 2.05) is 0 Å². The molecule has 0 fully saturated rings. The van der Waals surface area contributed by atoms with Gasteiger partial charge in [0.15, 0.2) is 0 Å². The summed E-state index contributed by atoms with van der Waals surface area (Å²) in [5, 5.41) is 1.28. The maximum atomic E-state index is 2.33. The first kappa shape index (κ1) is 16.8. The lowest BCUT2D eigenvalue weighted by atomic mass is 9.87. The Morgan fingerprint density at radius 3 is 2.18 bits per heavy atom. The van der Waals surface area contributed by atoms with Crippen LogP contribution in [-0.4, -0.2) is 4.57 Å². The van der Waals surface area contributed by atoms with E-state index < -0.39 is 0 Å². The molecule has 0 N–H and O–H groups in total. The summed E-state index contributed by atoms with van der Waals surface area (Å²) in [5.74, 6) is 1.62. The van der Waals surface area contributed by atoms with Gasteiger partial charge in [0.1, 0.15) is 0 Å². The highest BCUT2D eigenvalue weighted by atomic mass is 14.9. The minimum absolute atomic E-state index is 0.357. The van der Waals surface area contributed by atoms with Gasteiger partial charge in [0, 0.05) is 30.1 Å². The molecule has 3 aromatic carbocycles. The number of rotatable bonds is 4. The number of nitrogens with zero attached hydrogens (tertiary/aromatic N) is 1. The molecule has 0 unspecified atom stereocenters.